The zero-order chi connectivity index (χ0) is 18.8. The second-order valence-corrected chi connectivity index (χ2v) is 7.89. The van der Waals surface area contributed by atoms with Gasteiger partial charge in [0, 0.05) is 17.1 Å². The number of benzene rings is 2. The minimum atomic E-state index is -0.361. The molecule has 1 heterocycles. The van der Waals surface area contributed by atoms with Gasteiger partial charge in [0.15, 0.2) is 0 Å². The third-order valence-corrected chi connectivity index (χ3v) is 5.43. The van der Waals surface area contributed by atoms with Gasteiger partial charge in [-0.15, -0.1) is 0 Å². The van der Waals surface area contributed by atoms with Crippen LogP contribution in [0.5, 0.6) is 0 Å². The van der Waals surface area contributed by atoms with Crippen LogP contribution in [0.2, 0.25) is 0 Å². The zero-order valence-electron chi connectivity index (χ0n) is 15.8. The smallest absolute Gasteiger partial charge is 0.400 e. The Balaban J connectivity index is 1.74. The van der Waals surface area contributed by atoms with E-state index in [-0.39, 0.29) is 18.3 Å². The third-order valence-electron chi connectivity index (χ3n) is 5.06. The summed E-state index contributed by atoms with van der Waals surface area (Å²) in [6.45, 7) is 8.25. The van der Waals surface area contributed by atoms with Crippen LogP contribution < -0.4 is 5.32 Å². The lowest BCUT2D eigenvalue weighted by atomic mass is 9.78. The van der Waals surface area contributed by atoms with Gasteiger partial charge >= 0.3 is 7.12 Å². The fraction of sp³-hybridized carbons (Fsp3) is 0.333. The number of anilines is 2. The molecule has 1 aliphatic heterocycles. The maximum absolute atomic E-state index is 6.14. The van der Waals surface area contributed by atoms with Gasteiger partial charge in [-0.1, -0.05) is 36.4 Å². The van der Waals surface area contributed by atoms with E-state index in [9.17, 15) is 0 Å². The van der Waals surface area contributed by atoms with Crippen molar-refractivity contribution in [3.8, 4) is 0 Å². The van der Waals surface area contributed by atoms with E-state index >= 15 is 0 Å². The molecule has 0 unspecified atom stereocenters. The predicted molar refractivity (Wildman–Crippen MR) is 114 cm³/mol. The Morgan fingerprint density at radius 3 is 2.00 bits per heavy atom. The van der Waals surface area contributed by atoms with Gasteiger partial charge < -0.3 is 14.6 Å². The highest BCUT2D eigenvalue weighted by Gasteiger charge is 2.52. The Labute approximate surface area is 162 Å². The predicted octanol–water partition coefficient (Wildman–Crippen LogP) is 5.37. The first-order valence-corrected chi connectivity index (χ1v) is 9.53. The second kappa shape index (κ2) is 7.51. The lowest BCUT2D eigenvalue weighted by molar-refractivity contribution is 0.00578. The lowest BCUT2D eigenvalue weighted by Crippen LogP contribution is -2.41. The summed E-state index contributed by atoms with van der Waals surface area (Å²) in [6, 6.07) is 18.4. The van der Waals surface area contributed by atoms with Crippen molar-refractivity contribution in [2.75, 3.05) is 11.1 Å². The number of rotatable bonds is 5. The fourth-order valence-corrected chi connectivity index (χ4v) is 2.99. The minimum Gasteiger partial charge on any atom is -0.400 e. The second-order valence-electron chi connectivity index (χ2n) is 7.58. The Bertz CT molecular complexity index is 756. The van der Waals surface area contributed by atoms with Crippen molar-refractivity contribution in [1.82, 2.24) is 0 Å². The van der Waals surface area contributed by atoms with E-state index in [4.69, 9.17) is 9.31 Å². The SMILES string of the molecule is CC1(C)OB(C(=Cc2ccc(Nc3ccccc3)cc2)CS)OC1(C)C. The monoisotopic (exact) mass is 367 g/mol. The molecule has 2 aromatic rings. The van der Waals surface area contributed by atoms with E-state index < -0.39 is 0 Å². The van der Waals surface area contributed by atoms with Crippen LogP contribution in [0.3, 0.4) is 0 Å². The van der Waals surface area contributed by atoms with Gasteiger partial charge in [0.25, 0.3) is 0 Å². The molecule has 1 fully saturated rings. The third kappa shape index (κ3) is 4.17. The van der Waals surface area contributed by atoms with Gasteiger partial charge in [0.2, 0.25) is 0 Å². The van der Waals surface area contributed by atoms with Crippen molar-refractivity contribution in [3.05, 3.63) is 65.6 Å². The van der Waals surface area contributed by atoms with E-state index in [0.29, 0.717) is 5.75 Å². The summed E-state index contributed by atoms with van der Waals surface area (Å²) in [5, 5.41) is 3.39. The van der Waals surface area contributed by atoms with Crippen molar-refractivity contribution in [2.24, 2.45) is 0 Å². The molecule has 26 heavy (non-hydrogen) atoms. The highest BCUT2D eigenvalue weighted by Crippen LogP contribution is 2.39. The Kier molecular flexibility index (Phi) is 5.51. The first-order chi connectivity index (χ1) is 12.3. The number of nitrogens with one attached hydrogen (secondary N) is 1. The molecule has 136 valence electrons. The summed E-state index contributed by atoms with van der Waals surface area (Å²) in [7, 11) is -0.361. The number of thiol groups is 1. The minimum absolute atomic E-state index is 0.344. The van der Waals surface area contributed by atoms with Gasteiger partial charge in [0.05, 0.1) is 11.2 Å². The number of hydrogen-bond donors (Lipinski definition) is 2. The summed E-state index contributed by atoms with van der Waals surface area (Å²) in [5.74, 6) is 0.584. The van der Waals surface area contributed by atoms with Crippen molar-refractivity contribution in [1.29, 1.82) is 0 Å². The summed E-state index contributed by atoms with van der Waals surface area (Å²) >= 11 is 4.48. The molecule has 3 rings (SSSR count). The van der Waals surface area contributed by atoms with Crippen molar-refractivity contribution in [2.45, 2.75) is 38.9 Å². The van der Waals surface area contributed by atoms with Crippen LogP contribution in [0.4, 0.5) is 11.4 Å². The average Bonchev–Trinajstić information content (AvgIpc) is 2.82. The van der Waals surface area contributed by atoms with Crippen molar-refractivity contribution < 1.29 is 9.31 Å². The molecular weight excluding hydrogens is 341 g/mol. The van der Waals surface area contributed by atoms with E-state index in [1.807, 2.05) is 30.3 Å². The van der Waals surface area contributed by atoms with E-state index in [2.05, 4.69) is 76.0 Å². The average molecular weight is 367 g/mol. The molecule has 0 radical (unpaired) electrons. The molecule has 0 aliphatic carbocycles. The Morgan fingerprint density at radius 1 is 0.923 bits per heavy atom. The fourth-order valence-electron chi connectivity index (χ4n) is 2.75. The molecule has 1 saturated heterocycles. The molecule has 0 atom stereocenters. The molecule has 0 aromatic heterocycles. The molecule has 0 spiro atoms. The largest absolute Gasteiger partial charge is 0.491 e. The van der Waals surface area contributed by atoms with Gasteiger partial charge in [-0.25, -0.2) is 0 Å². The van der Waals surface area contributed by atoms with E-state index in [1.165, 1.54) is 0 Å². The number of para-hydroxylation sites is 1. The lowest BCUT2D eigenvalue weighted by Gasteiger charge is -2.32. The summed E-state index contributed by atoms with van der Waals surface area (Å²) in [6.07, 6.45) is 2.10. The van der Waals surface area contributed by atoms with Crippen molar-refractivity contribution in [3.63, 3.8) is 0 Å². The van der Waals surface area contributed by atoms with E-state index in [0.717, 1.165) is 22.4 Å². The van der Waals surface area contributed by atoms with Crippen LogP contribution in [0, 0.1) is 0 Å². The number of hydrogen-bond acceptors (Lipinski definition) is 4. The molecule has 0 amide bonds. The van der Waals surface area contributed by atoms with Crippen molar-refractivity contribution >= 4 is 37.2 Å². The molecule has 0 bridgehead atoms. The summed E-state index contributed by atoms with van der Waals surface area (Å²) in [4.78, 5) is 0. The standard InChI is InChI=1S/C21H26BNO2S/c1-20(2)21(3,4)25-22(24-20)17(15-26)14-16-10-12-19(13-11-16)23-18-8-6-5-7-9-18/h5-14,23,26H,15H2,1-4H3. The van der Waals surface area contributed by atoms with E-state index in [1.54, 1.807) is 0 Å². The normalized spacial score (nSPS) is 18.8. The van der Waals surface area contributed by atoms with Gasteiger partial charge in [-0.3, -0.25) is 0 Å². The molecule has 1 N–H and O–H groups in total. The quantitative estimate of drug-likeness (QED) is 0.550. The molecular formula is C21H26BNO2S. The van der Waals surface area contributed by atoms with Crippen LogP contribution in [-0.2, 0) is 9.31 Å². The van der Waals surface area contributed by atoms with Crippen LogP contribution >= 0.6 is 12.6 Å². The highest BCUT2D eigenvalue weighted by molar-refractivity contribution is 7.80. The molecule has 3 nitrogen and oxygen atoms in total. The van der Waals surface area contributed by atoms with Gasteiger partial charge in [-0.05, 0) is 63.0 Å². The molecule has 2 aromatic carbocycles. The first kappa shape index (κ1) is 19.1. The van der Waals surface area contributed by atoms with Gasteiger partial charge in [-0.2, -0.15) is 12.6 Å². The maximum atomic E-state index is 6.14. The molecule has 5 heteroatoms. The summed E-state index contributed by atoms with van der Waals surface area (Å²) < 4.78 is 12.3. The van der Waals surface area contributed by atoms with Crippen LogP contribution in [-0.4, -0.2) is 24.1 Å². The highest BCUT2D eigenvalue weighted by atomic mass is 32.1. The molecule has 1 aliphatic rings. The Hall–Kier alpha value is -1.69. The van der Waals surface area contributed by atoms with Crippen LogP contribution in [0.25, 0.3) is 6.08 Å². The topological polar surface area (TPSA) is 30.5 Å². The van der Waals surface area contributed by atoms with Crippen LogP contribution in [0.15, 0.2) is 60.1 Å². The van der Waals surface area contributed by atoms with Crippen LogP contribution in [0.1, 0.15) is 33.3 Å². The first-order valence-electron chi connectivity index (χ1n) is 8.90. The molecule has 0 saturated carbocycles. The summed E-state index contributed by atoms with van der Waals surface area (Å²) in [5.41, 5.74) is 3.56. The zero-order valence-corrected chi connectivity index (χ0v) is 16.7. The maximum Gasteiger partial charge on any atom is 0.491 e. The van der Waals surface area contributed by atoms with Gasteiger partial charge in [0.1, 0.15) is 0 Å². The Morgan fingerprint density at radius 2 is 1.46 bits per heavy atom.